The molecule has 0 aliphatic carbocycles. The van der Waals surface area contributed by atoms with Crippen LogP contribution in [0.1, 0.15) is 5.56 Å². The number of aromatic nitrogens is 3. The fourth-order valence-corrected chi connectivity index (χ4v) is 1.21. The van der Waals surface area contributed by atoms with E-state index < -0.39 is 0 Å². The molecule has 0 radical (unpaired) electrons. The number of nitrogens with zero attached hydrogens (tertiary/aromatic N) is 3. The molecule has 0 saturated carbocycles. The van der Waals surface area contributed by atoms with Crippen molar-refractivity contribution in [2.24, 2.45) is 0 Å². The lowest BCUT2D eigenvalue weighted by molar-refractivity contribution is 0.845. The SMILES string of the molecule is Cc1ccnc(-n2ccc(Cl)n2)c1. The summed E-state index contributed by atoms with van der Waals surface area (Å²) < 4.78 is 1.65. The van der Waals surface area contributed by atoms with E-state index in [1.165, 1.54) is 0 Å². The van der Waals surface area contributed by atoms with Crippen LogP contribution in [-0.2, 0) is 0 Å². The predicted molar refractivity (Wildman–Crippen MR) is 51.1 cm³/mol. The van der Waals surface area contributed by atoms with Gasteiger partial charge in [0, 0.05) is 12.4 Å². The number of rotatable bonds is 1. The Morgan fingerprint density at radius 1 is 1.38 bits per heavy atom. The molecule has 0 amide bonds. The molecule has 2 rings (SSSR count). The fourth-order valence-electron chi connectivity index (χ4n) is 1.07. The van der Waals surface area contributed by atoms with Gasteiger partial charge in [-0.1, -0.05) is 11.6 Å². The first-order chi connectivity index (χ1) is 6.25. The lowest BCUT2D eigenvalue weighted by atomic mass is 10.3. The van der Waals surface area contributed by atoms with E-state index in [1.54, 1.807) is 23.1 Å². The maximum Gasteiger partial charge on any atom is 0.153 e. The zero-order chi connectivity index (χ0) is 9.26. The lowest BCUT2D eigenvalue weighted by Gasteiger charge is -1.99. The fraction of sp³-hybridized carbons (Fsp3) is 0.111. The minimum absolute atomic E-state index is 0.475. The number of halogens is 1. The Kier molecular flexibility index (Phi) is 2.02. The van der Waals surface area contributed by atoms with Gasteiger partial charge in [-0.2, -0.15) is 5.10 Å². The molecule has 0 fully saturated rings. The smallest absolute Gasteiger partial charge is 0.153 e. The van der Waals surface area contributed by atoms with Crippen molar-refractivity contribution in [2.45, 2.75) is 6.92 Å². The van der Waals surface area contributed by atoms with Crippen LogP contribution in [0.4, 0.5) is 0 Å². The molecule has 4 heteroatoms. The van der Waals surface area contributed by atoms with Crippen LogP contribution in [0.5, 0.6) is 0 Å². The summed E-state index contributed by atoms with van der Waals surface area (Å²) >= 11 is 5.69. The Morgan fingerprint density at radius 2 is 2.23 bits per heavy atom. The second-order valence-electron chi connectivity index (χ2n) is 2.77. The maximum absolute atomic E-state index is 5.69. The molecule has 0 aromatic carbocycles. The molecule has 0 aliphatic heterocycles. The van der Waals surface area contributed by atoms with E-state index in [1.807, 2.05) is 19.1 Å². The van der Waals surface area contributed by atoms with Gasteiger partial charge in [-0.3, -0.25) is 0 Å². The molecule has 2 aromatic rings. The van der Waals surface area contributed by atoms with E-state index in [2.05, 4.69) is 10.1 Å². The Balaban J connectivity index is 2.46. The lowest BCUT2D eigenvalue weighted by Crippen LogP contribution is -1.97. The first-order valence-electron chi connectivity index (χ1n) is 3.90. The van der Waals surface area contributed by atoms with Crippen molar-refractivity contribution in [2.75, 3.05) is 0 Å². The van der Waals surface area contributed by atoms with E-state index in [0.717, 1.165) is 11.4 Å². The van der Waals surface area contributed by atoms with Crippen LogP contribution in [0.2, 0.25) is 5.15 Å². The van der Waals surface area contributed by atoms with Crippen molar-refractivity contribution in [3.8, 4) is 5.82 Å². The largest absolute Gasteiger partial charge is 0.237 e. The van der Waals surface area contributed by atoms with Crippen LogP contribution in [0.25, 0.3) is 5.82 Å². The van der Waals surface area contributed by atoms with Crippen molar-refractivity contribution in [3.63, 3.8) is 0 Å². The first kappa shape index (κ1) is 8.26. The van der Waals surface area contributed by atoms with Gasteiger partial charge in [0.2, 0.25) is 0 Å². The average Bonchev–Trinajstić information content (AvgIpc) is 2.52. The van der Waals surface area contributed by atoms with Crippen molar-refractivity contribution >= 4 is 11.6 Å². The van der Waals surface area contributed by atoms with Crippen molar-refractivity contribution < 1.29 is 0 Å². The molecule has 2 aromatic heterocycles. The zero-order valence-electron chi connectivity index (χ0n) is 7.11. The van der Waals surface area contributed by atoms with Crippen molar-refractivity contribution in [1.29, 1.82) is 0 Å². The first-order valence-corrected chi connectivity index (χ1v) is 4.28. The van der Waals surface area contributed by atoms with Crippen molar-refractivity contribution in [1.82, 2.24) is 14.8 Å². The quantitative estimate of drug-likeness (QED) is 0.696. The van der Waals surface area contributed by atoms with Crippen LogP contribution in [0.3, 0.4) is 0 Å². The van der Waals surface area contributed by atoms with E-state index in [9.17, 15) is 0 Å². The molecule has 0 atom stereocenters. The third-order valence-corrected chi connectivity index (χ3v) is 1.89. The zero-order valence-corrected chi connectivity index (χ0v) is 7.86. The predicted octanol–water partition coefficient (Wildman–Crippen LogP) is 2.23. The molecule has 0 bridgehead atoms. The van der Waals surface area contributed by atoms with Gasteiger partial charge in [-0.05, 0) is 30.7 Å². The monoisotopic (exact) mass is 193 g/mol. The molecular formula is C9H8ClN3. The molecular weight excluding hydrogens is 186 g/mol. The number of hydrogen-bond acceptors (Lipinski definition) is 2. The molecule has 3 nitrogen and oxygen atoms in total. The molecule has 13 heavy (non-hydrogen) atoms. The van der Waals surface area contributed by atoms with Crippen LogP contribution in [0.15, 0.2) is 30.6 Å². The van der Waals surface area contributed by atoms with Crippen LogP contribution in [0, 0.1) is 6.92 Å². The Bertz CT molecular complexity index is 422. The maximum atomic E-state index is 5.69. The molecule has 2 heterocycles. The number of pyridine rings is 1. The second kappa shape index (κ2) is 3.18. The van der Waals surface area contributed by atoms with E-state index in [4.69, 9.17) is 11.6 Å². The highest BCUT2D eigenvalue weighted by atomic mass is 35.5. The van der Waals surface area contributed by atoms with Gasteiger partial charge in [0.25, 0.3) is 0 Å². The van der Waals surface area contributed by atoms with Crippen molar-refractivity contribution in [3.05, 3.63) is 41.3 Å². The van der Waals surface area contributed by atoms with Gasteiger partial charge in [0.05, 0.1) is 0 Å². The van der Waals surface area contributed by atoms with E-state index in [-0.39, 0.29) is 0 Å². The third kappa shape index (κ3) is 1.70. The standard InChI is InChI=1S/C9H8ClN3/c1-7-2-4-11-9(6-7)13-5-3-8(10)12-13/h2-6H,1H3. The summed E-state index contributed by atoms with van der Waals surface area (Å²) in [6.07, 6.45) is 3.53. The molecule has 0 aliphatic rings. The Labute approximate surface area is 81.0 Å². The summed E-state index contributed by atoms with van der Waals surface area (Å²) in [7, 11) is 0. The molecule has 0 N–H and O–H groups in total. The Hall–Kier alpha value is -1.35. The van der Waals surface area contributed by atoms with Gasteiger partial charge < -0.3 is 0 Å². The van der Waals surface area contributed by atoms with Gasteiger partial charge in [-0.25, -0.2) is 9.67 Å². The molecule has 0 saturated heterocycles. The van der Waals surface area contributed by atoms with Gasteiger partial charge in [-0.15, -0.1) is 0 Å². The summed E-state index contributed by atoms with van der Waals surface area (Å²) in [6, 6.07) is 5.61. The highest BCUT2D eigenvalue weighted by Gasteiger charge is 1.99. The third-order valence-electron chi connectivity index (χ3n) is 1.69. The number of aryl methyl sites for hydroxylation is 1. The van der Waals surface area contributed by atoms with Gasteiger partial charge in [0.1, 0.15) is 0 Å². The second-order valence-corrected chi connectivity index (χ2v) is 3.16. The number of hydrogen-bond donors (Lipinski definition) is 0. The minimum Gasteiger partial charge on any atom is -0.237 e. The van der Waals surface area contributed by atoms with E-state index in [0.29, 0.717) is 5.15 Å². The summed E-state index contributed by atoms with van der Waals surface area (Å²) in [6.45, 7) is 2.01. The highest BCUT2D eigenvalue weighted by Crippen LogP contribution is 2.08. The normalized spacial score (nSPS) is 10.3. The minimum atomic E-state index is 0.475. The van der Waals surface area contributed by atoms with Crippen LogP contribution in [-0.4, -0.2) is 14.8 Å². The Morgan fingerprint density at radius 3 is 2.85 bits per heavy atom. The van der Waals surface area contributed by atoms with Gasteiger partial charge >= 0.3 is 0 Å². The average molecular weight is 194 g/mol. The molecule has 0 unspecified atom stereocenters. The van der Waals surface area contributed by atoms with Crippen LogP contribution >= 0.6 is 11.6 Å². The van der Waals surface area contributed by atoms with E-state index >= 15 is 0 Å². The summed E-state index contributed by atoms with van der Waals surface area (Å²) in [4.78, 5) is 4.16. The molecule has 0 spiro atoms. The summed E-state index contributed by atoms with van der Waals surface area (Å²) in [5.74, 6) is 0.784. The highest BCUT2D eigenvalue weighted by molar-refractivity contribution is 6.29. The van der Waals surface area contributed by atoms with Crippen LogP contribution < -0.4 is 0 Å². The topological polar surface area (TPSA) is 30.7 Å². The van der Waals surface area contributed by atoms with Gasteiger partial charge in [0.15, 0.2) is 11.0 Å². The summed E-state index contributed by atoms with van der Waals surface area (Å²) in [5, 5.41) is 4.52. The summed E-state index contributed by atoms with van der Waals surface area (Å²) in [5.41, 5.74) is 1.15. The molecule has 66 valence electrons.